The first-order valence-corrected chi connectivity index (χ1v) is 13.0. The minimum absolute atomic E-state index is 0.0117. The fraction of sp³-hybridized carbons (Fsp3) is 0.545. The van der Waals surface area contributed by atoms with Gasteiger partial charge in [-0.15, -0.1) is 0 Å². The minimum Gasteiger partial charge on any atom is -0.483 e. The number of hydrogen-bond acceptors (Lipinski definition) is 6. The Hall–Kier alpha value is -2.53. The molecule has 3 heterocycles. The summed E-state index contributed by atoms with van der Waals surface area (Å²) >= 11 is 0. The van der Waals surface area contributed by atoms with Crippen LogP contribution in [0.1, 0.15) is 25.7 Å². The number of anilines is 1. The smallest absolute Gasteiger partial charge is 0.316 e. The molecular formula is C22H26F2N4O4S. The maximum atomic E-state index is 13.8. The predicted molar refractivity (Wildman–Crippen MR) is 118 cm³/mol. The number of benzene rings is 1. The summed E-state index contributed by atoms with van der Waals surface area (Å²) in [6.07, 6.45) is 6.34. The molecule has 178 valence electrons. The van der Waals surface area contributed by atoms with Crippen molar-refractivity contribution in [2.24, 2.45) is 11.8 Å². The molecule has 0 N–H and O–H groups in total. The highest BCUT2D eigenvalue weighted by molar-refractivity contribution is 7.88. The van der Waals surface area contributed by atoms with E-state index in [0.717, 1.165) is 48.6 Å². The van der Waals surface area contributed by atoms with E-state index in [4.69, 9.17) is 4.74 Å². The maximum absolute atomic E-state index is 13.8. The summed E-state index contributed by atoms with van der Waals surface area (Å²) in [6.45, 7) is 2.06. The van der Waals surface area contributed by atoms with Gasteiger partial charge in [-0.3, -0.25) is 4.79 Å². The molecule has 0 bridgehead atoms. The van der Waals surface area contributed by atoms with Crippen molar-refractivity contribution in [1.29, 1.82) is 0 Å². The third-order valence-corrected chi connectivity index (χ3v) is 8.09. The monoisotopic (exact) mass is 480 g/mol. The second kappa shape index (κ2) is 8.35. The van der Waals surface area contributed by atoms with E-state index < -0.39 is 27.2 Å². The summed E-state index contributed by atoms with van der Waals surface area (Å²) in [6, 6.07) is 2.84. The second-order valence-electron chi connectivity index (χ2n) is 9.23. The number of rotatable bonds is 5. The van der Waals surface area contributed by atoms with Gasteiger partial charge in [-0.25, -0.2) is 21.5 Å². The number of nitrogens with zero attached hydrogens (tertiary/aromatic N) is 4. The molecule has 0 amide bonds. The van der Waals surface area contributed by atoms with Crippen molar-refractivity contribution in [3.8, 4) is 11.4 Å². The molecule has 2 saturated heterocycles. The Balaban J connectivity index is 1.49. The van der Waals surface area contributed by atoms with Crippen LogP contribution < -0.4 is 15.2 Å². The standard InChI is InChI=1S/C22H26F2N4O4S/c1-33(30,31)27-12-14-10-26(11-15(14)13-27)20-9-25-28(18-7-16(23)6-17(24)8-18)22(29)21(20)32-19-4-2-3-5-19/h6-9,14-15,19H,2-5,10-13H2,1H3/t14-,15+. The number of halogens is 2. The normalized spacial score (nSPS) is 23.9. The number of hydrogen-bond donors (Lipinski definition) is 0. The number of sulfonamides is 1. The Morgan fingerprint density at radius 3 is 2.18 bits per heavy atom. The molecule has 2 aliphatic heterocycles. The van der Waals surface area contributed by atoms with Gasteiger partial charge in [0, 0.05) is 32.2 Å². The molecule has 1 aromatic carbocycles. The molecule has 1 saturated carbocycles. The first-order valence-electron chi connectivity index (χ1n) is 11.1. The molecule has 3 fully saturated rings. The maximum Gasteiger partial charge on any atom is 0.316 e. The Bertz CT molecular complexity index is 1200. The second-order valence-corrected chi connectivity index (χ2v) is 11.2. The topological polar surface area (TPSA) is 84.7 Å². The van der Waals surface area contributed by atoms with Crippen LogP contribution in [0, 0.1) is 23.5 Å². The van der Waals surface area contributed by atoms with Gasteiger partial charge < -0.3 is 9.64 Å². The van der Waals surface area contributed by atoms with Crippen molar-refractivity contribution < 1.29 is 21.9 Å². The van der Waals surface area contributed by atoms with Gasteiger partial charge in [0.05, 0.1) is 24.2 Å². The van der Waals surface area contributed by atoms with Crippen LogP contribution in [0.4, 0.5) is 14.5 Å². The van der Waals surface area contributed by atoms with Gasteiger partial charge in [-0.2, -0.15) is 9.78 Å². The Kier molecular flexibility index (Phi) is 5.64. The van der Waals surface area contributed by atoms with Gasteiger partial charge in [0.25, 0.3) is 0 Å². The van der Waals surface area contributed by atoms with Crippen LogP contribution in [-0.4, -0.2) is 61.0 Å². The van der Waals surface area contributed by atoms with E-state index in [1.165, 1.54) is 16.8 Å². The van der Waals surface area contributed by atoms with Crippen molar-refractivity contribution in [2.75, 3.05) is 37.3 Å². The van der Waals surface area contributed by atoms with E-state index in [-0.39, 0.29) is 29.4 Å². The zero-order valence-corrected chi connectivity index (χ0v) is 19.1. The first kappa shape index (κ1) is 22.3. The van der Waals surface area contributed by atoms with Gasteiger partial charge in [0.15, 0.2) is 0 Å². The molecule has 1 aliphatic carbocycles. The van der Waals surface area contributed by atoms with Crippen molar-refractivity contribution in [3.05, 3.63) is 46.4 Å². The van der Waals surface area contributed by atoms with E-state index in [1.54, 1.807) is 0 Å². The van der Waals surface area contributed by atoms with Gasteiger partial charge >= 0.3 is 5.56 Å². The molecule has 0 spiro atoms. The number of fused-ring (bicyclic) bond motifs is 1. The summed E-state index contributed by atoms with van der Waals surface area (Å²) in [7, 11) is -3.24. The van der Waals surface area contributed by atoms with Gasteiger partial charge in [-0.1, -0.05) is 0 Å². The summed E-state index contributed by atoms with van der Waals surface area (Å²) < 4.78 is 60.0. The Labute approximate surface area is 190 Å². The quantitative estimate of drug-likeness (QED) is 0.652. The number of ether oxygens (including phenoxy) is 1. The summed E-state index contributed by atoms with van der Waals surface area (Å²) in [5.74, 6) is -1.17. The molecule has 33 heavy (non-hydrogen) atoms. The van der Waals surface area contributed by atoms with Crippen LogP contribution in [-0.2, 0) is 10.0 Å². The molecule has 5 rings (SSSR count). The predicted octanol–water partition coefficient (Wildman–Crippen LogP) is 2.16. The number of aromatic nitrogens is 2. The molecule has 11 heteroatoms. The average molecular weight is 481 g/mol. The van der Waals surface area contributed by atoms with Crippen LogP contribution in [0.2, 0.25) is 0 Å². The third kappa shape index (κ3) is 4.35. The lowest BCUT2D eigenvalue weighted by molar-refractivity contribution is 0.206. The molecule has 0 unspecified atom stereocenters. The van der Waals surface area contributed by atoms with Crippen LogP contribution in [0.5, 0.6) is 5.75 Å². The van der Waals surface area contributed by atoms with Gasteiger partial charge in [0.2, 0.25) is 15.8 Å². The van der Waals surface area contributed by atoms with E-state index in [1.807, 2.05) is 4.90 Å². The molecule has 0 radical (unpaired) electrons. The van der Waals surface area contributed by atoms with Crippen LogP contribution in [0.15, 0.2) is 29.2 Å². The molecular weight excluding hydrogens is 454 g/mol. The third-order valence-electron chi connectivity index (χ3n) is 6.86. The van der Waals surface area contributed by atoms with Gasteiger partial charge in [0.1, 0.15) is 17.3 Å². The largest absolute Gasteiger partial charge is 0.483 e. The zero-order valence-electron chi connectivity index (χ0n) is 18.3. The lowest BCUT2D eigenvalue weighted by Crippen LogP contribution is -2.34. The minimum atomic E-state index is -3.24. The SMILES string of the molecule is CS(=O)(=O)N1C[C@H]2CN(c3cnn(-c4cc(F)cc(F)c4)c(=O)c3OC3CCCC3)C[C@H]2C1. The molecule has 3 aliphatic rings. The molecule has 8 nitrogen and oxygen atoms in total. The van der Waals surface area contributed by atoms with Crippen LogP contribution in [0.3, 0.4) is 0 Å². The average Bonchev–Trinajstić information content (AvgIpc) is 3.44. The van der Waals surface area contributed by atoms with Crippen molar-refractivity contribution in [2.45, 2.75) is 31.8 Å². The van der Waals surface area contributed by atoms with Crippen LogP contribution >= 0.6 is 0 Å². The fourth-order valence-electron chi connectivity index (χ4n) is 5.20. The van der Waals surface area contributed by atoms with Crippen molar-refractivity contribution in [3.63, 3.8) is 0 Å². The highest BCUT2D eigenvalue weighted by Gasteiger charge is 2.43. The Morgan fingerprint density at radius 1 is 1.00 bits per heavy atom. The lowest BCUT2D eigenvalue weighted by atomic mass is 10.0. The summed E-state index contributed by atoms with van der Waals surface area (Å²) in [5.41, 5.74) is -0.0399. The van der Waals surface area contributed by atoms with Crippen molar-refractivity contribution in [1.82, 2.24) is 14.1 Å². The zero-order chi connectivity index (χ0) is 23.3. The lowest BCUT2D eigenvalue weighted by Gasteiger charge is -2.25. The van der Waals surface area contributed by atoms with Crippen molar-refractivity contribution >= 4 is 15.7 Å². The van der Waals surface area contributed by atoms with E-state index in [2.05, 4.69) is 5.10 Å². The molecule has 2 atom stereocenters. The fourth-order valence-corrected chi connectivity index (χ4v) is 6.13. The van der Waals surface area contributed by atoms with E-state index >= 15 is 0 Å². The molecule has 2 aromatic rings. The summed E-state index contributed by atoms with van der Waals surface area (Å²) in [4.78, 5) is 15.4. The first-order chi connectivity index (χ1) is 15.7. The van der Waals surface area contributed by atoms with Crippen LogP contribution in [0.25, 0.3) is 5.69 Å². The van der Waals surface area contributed by atoms with E-state index in [0.29, 0.717) is 31.9 Å². The Morgan fingerprint density at radius 2 is 1.61 bits per heavy atom. The highest BCUT2D eigenvalue weighted by atomic mass is 32.2. The van der Waals surface area contributed by atoms with Gasteiger partial charge in [-0.05, 0) is 49.7 Å². The highest BCUT2D eigenvalue weighted by Crippen LogP contribution is 2.38. The molecule has 1 aromatic heterocycles. The van der Waals surface area contributed by atoms with E-state index in [9.17, 15) is 22.0 Å². The summed E-state index contributed by atoms with van der Waals surface area (Å²) in [5, 5.41) is 4.20.